The van der Waals surface area contributed by atoms with E-state index in [1.165, 1.54) is 45.2 Å². The first-order valence-electron chi connectivity index (χ1n) is 8.79. The Morgan fingerprint density at radius 2 is 2.05 bits per heavy atom. The number of aliphatic hydroxyl groups excluding tert-OH is 1. The standard InChI is InChI=1S/C17H34N2O/c1-3-10-18-17(14-20)9-4-7-16(13-17)19-11-5-6-15(2)8-12-19/h15-16,18,20H,3-14H2,1-2H3. The Balaban J connectivity index is 1.94. The van der Waals surface area contributed by atoms with Crippen molar-refractivity contribution in [1.82, 2.24) is 10.2 Å². The molecule has 3 heteroatoms. The van der Waals surface area contributed by atoms with Crippen molar-refractivity contribution in [3.63, 3.8) is 0 Å². The zero-order valence-corrected chi connectivity index (χ0v) is 13.5. The van der Waals surface area contributed by atoms with Gasteiger partial charge in [-0.1, -0.05) is 13.8 Å². The van der Waals surface area contributed by atoms with Crippen LogP contribution in [0.2, 0.25) is 0 Å². The molecule has 0 bridgehead atoms. The highest BCUT2D eigenvalue weighted by Gasteiger charge is 2.37. The van der Waals surface area contributed by atoms with Crippen molar-refractivity contribution in [1.29, 1.82) is 0 Å². The predicted molar refractivity (Wildman–Crippen MR) is 85.0 cm³/mol. The fraction of sp³-hybridized carbons (Fsp3) is 1.00. The summed E-state index contributed by atoms with van der Waals surface area (Å²) < 4.78 is 0. The van der Waals surface area contributed by atoms with E-state index in [-0.39, 0.29) is 5.54 Å². The number of hydrogen-bond acceptors (Lipinski definition) is 3. The van der Waals surface area contributed by atoms with E-state index in [0.29, 0.717) is 12.6 Å². The van der Waals surface area contributed by atoms with Gasteiger partial charge in [0.2, 0.25) is 0 Å². The smallest absolute Gasteiger partial charge is 0.0613 e. The molecule has 1 heterocycles. The minimum atomic E-state index is -0.00313. The molecule has 0 spiro atoms. The van der Waals surface area contributed by atoms with E-state index >= 15 is 0 Å². The van der Waals surface area contributed by atoms with Gasteiger partial charge in [-0.3, -0.25) is 0 Å². The fourth-order valence-electron chi connectivity index (χ4n) is 4.04. The van der Waals surface area contributed by atoms with Crippen molar-refractivity contribution in [2.45, 2.75) is 76.8 Å². The Morgan fingerprint density at radius 1 is 1.20 bits per heavy atom. The minimum Gasteiger partial charge on any atom is -0.394 e. The third kappa shape index (κ3) is 4.19. The van der Waals surface area contributed by atoms with Gasteiger partial charge in [-0.25, -0.2) is 0 Å². The van der Waals surface area contributed by atoms with E-state index in [0.717, 1.165) is 31.7 Å². The predicted octanol–water partition coefficient (Wildman–Crippen LogP) is 2.78. The summed E-state index contributed by atoms with van der Waals surface area (Å²) in [6.45, 7) is 8.46. The first-order valence-corrected chi connectivity index (χ1v) is 8.79. The molecule has 1 saturated carbocycles. The first-order chi connectivity index (χ1) is 9.69. The van der Waals surface area contributed by atoms with Gasteiger partial charge in [0.15, 0.2) is 0 Å². The van der Waals surface area contributed by atoms with Crippen LogP contribution >= 0.6 is 0 Å². The SMILES string of the molecule is CCCNC1(CO)CCCC(N2CCCC(C)CC2)C1. The van der Waals surface area contributed by atoms with Crippen LogP contribution in [-0.4, -0.2) is 47.8 Å². The van der Waals surface area contributed by atoms with Crippen molar-refractivity contribution in [3.05, 3.63) is 0 Å². The van der Waals surface area contributed by atoms with Gasteiger partial charge in [-0.15, -0.1) is 0 Å². The van der Waals surface area contributed by atoms with Gasteiger partial charge >= 0.3 is 0 Å². The lowest BCUT2D eigenvalue weighted by molar-refractivity contribution is 0.0603. The molecule has 3 atom stereocenters. The topological polar surface area (TPSA) is 35.5 Å². The largest absolute Gasteiger partial charge is 0.394 e. The molecule has 2 N–H and O–H groups in total. The lowest BCUT2D eigenvalue weighted by Crippen LogP contribution is -2.56. The number of likely N-dealkylation sites (tertiary alicyclic amines) is 1. The Labute approximate surface area is 125 Å². The third-order valence-electron chi connectivity index (χ3n) is 5.44. The maximum atomic E-state index is 9.90. The number of hydrogen-bond donors (Lipinski definition) is 2. The van der Waals surface area contributed by atoms with Gasteiger partial charge in [0.25, 0.3) is 0 Å². The molecule has 0 radical (unpaired) electrons. The van der Waals surface area contributed by atoms with Gasteiger partial charge < -0.3 is 15.3 Å². The quantitative estimate of drug-likeness (QED) is 0.814. The van der Waals surface area contributed by atoms with Crippen LogP contribution in [0.5, 0.6) is 0 Å². The highest BCUT2D eigenvalue weighted by Crippen LogP contribution is 2.32. The van der Waals surface area contributed by atoms with Crippen molar-refractivity contribution >= 4 is 0 Å². The van der Waals surface area contributed by atoms with E-state index < -0.39 is 0 Å². The van der Waals surface area contributed by atoms with Gasteiger partial charge in [0.05, 0.1) is 6.61 Å². The number of nitrogens with zero attached hydrogens (tertiary/aromatic N) is 1. The summed E-state index contributed by atoms with van der Waals surface area (Å²) in [5.74, 6) is 0.893. The Morgan fingerprint density at radius 3 is 2.80 bits per heavy atom. The van der Waals surface area contributed by atoms with E-state index in [1.54, 1.807) is 0 Å². The van der Waals surface area contributed by atoms with E-state index in [2.05, 4.69) is 24.1 Å². The minimum absolute atomic E-state index is 0.00313. The van der Waals surface area contributed by atoms with Gasteiger partial charge in [-0.05, 0) is 76.9 Å². The zero-order chi connectivity index (χ0) is 14.4. The van der Waals surface area contributed by atoms with Crippen LogP contribution in [0.3, 0.4) is 0 Å². The maximum Gasteiger partial charge on any atom is 0.0613 e. The van der Waals surface area contributed by atoms with Gasteiger partial charge in [-0.2, -0.15) is 0 Å². The number of rotatable bonds is 5. The second-order valence-electron chi connectivity index (χ2n) is 7.19. The average Bonchev–Trinajstić information content (AvgIpc) is 2.70. The molecule has 2 fully saturated rings. The molecule has 2 rings (SSSR count). The van der Waals surface area contributed by atoms with E-state index in [9.17, 15) is 5.11 Å². The molecule has 3 nitrogen and oxygen atoms in total. The second kappa shape index (κ2) is 7.77. The first kappa shape index (κ1) is 16.3. The Bertz CT molecular complexity index is 284. The van der Waals surface area contributed by atoms with Crippen LogP contribution in [-0.2, 0) is 0 Å². The average molecular weight is 282 g/mol. The fourth-order valence-corrected chi connectivity index (χ4v) is 4.04. The molecule has 0 aromatic rings. The number of aliphatic hydroxyl groups is 1. The van der Waals surface area contributed by atoms with E-state index in [4.69, 9.17) is 0 Å². The van der Waals surface area contributed by atoms with Crippen LogP contribution < -0.4 is 5.32 Å². The van der Waals surface area contributed by atoms with Crippen molar-refractivity contribution in [2.24, 2.45) is 5.92 Å². The van der Waals surface area contributed by atoms with Crippen LogP contribution in [0.15, 0.2) is 0 Å². The molecule has 0 amide bonds. The van der Waals surface area contributed by atoms with Gasteiger partial charge in [0, 0.05) is 11.6 Å². The monoisotopic (exact) mass is 282 g/mol. The molecule has 3 unspecified atom stereocenters. The summed E-state index contributed by atoms with van der Waals surface area (Å²) in [5.41, 5.74) is -0.00313. The summed E-state index contributed by atoms with van der Waals surface area (Å²) >= 11 is 0. The molecule has 20 heavy (non-hydrogen) atoms. The zero-order valence-electron chi connectivity index (χ0n) is 13.5. The second-order valence-corrected chi connectivity index (χ2v) is 7.19. The summed E-state index contributed by atoms with van der Waals surface area (Å²) in [6.07, 6.45) is 10.1. The highest BCUT2D eigenvalue weighted by molar-refractivity contribution is 4.96. The lowest BCUT2D eigenvalue weighted by atomic mass is 9.78. The number of nitrogens with one attached hydrogen (secondary N) is 1. The molecule has 1 aliphatic heterocycles. The van der Waals surface area contributed by atoms with Crippen molar-refractivity contribution in [3.8, 4) is 0 Å². The Hall–Kier alpha value is -0.120. The molecule has 1 saturated heterocycles. The summed E-state index contributed by atoms with van der Waals surface area (Å²) in [7, 11) is 0. The normalized spacial score (nSPS) is 36.8. The van der Waals surface area contributed by atoms with E-state index in [1.807, 2.05) is 0 Å². The van der Waals surface area contributed by atoms with Gasteiger partial charge in [0.1, 0.15) is 0 Å². The van der Waals surface area contributed by atoms with Crippen LogP contribution in [0, 0.1) is 5.92 Å². The molecule has 1 aliphatic carbocycles. The van der Waals surface area contributed by atoms with Crippen molar-refractivity contribution in [2.75, 3.05) is 26.2 Å². The van der Waals surface area contributed by atoms with Crippen LogP contribution in [0.25, 0.3) is 0 Å². The third-order valence-corrected chi connectivity index (χ3v) is 5.44. The maximum absolute atomic E-state index is 9.90. The molecular weight excluding hydrogens is 248 g/mol. The highest BCUT2D eigenvalue weighted by atomic mass is 16.3. The molecule has 118 valence electrons. The molecule has 0 aromatic carbocycles. The Kier molecular flexibility index (Phi) is 6.31. The summed E-state index contributed by atoms with van der Waals surface area (Å²) in [5, 5.41) is 13.6. The molecule has 0 aromatic heterocycles. The molecular formula is C17H34N2O. The van der Waals surface area contributed by atoms with Crippen molar-refractivity contribution < 1.29 is 5.11 Å². The van der Waals surface area contributed by atoms with Crippen LogP contribution in [0.1, 0.15) is 65.2 Å². The summed E-state index contributed by atoms with van der Waals surface area (Å²) in [4.78, 5) is 2.72. The van der Waals surface area contributed by atoms with Crippen LogP contribution in [0.4, 0.5) is 0 Å². The lowest BCUT2D eigenvalue weighted by Gasteiger charge is -2.44. The summed E-state index contributed by atoms with van der Waals surface area (Å²) in [6, 6.07) is 0.686. The molecule has 2 aliphatic rings.